The van der Waals surface area contributed by atoms with Gasteiger partial charge < -0.3 is 10.4 Å². The van der Waals surface area contributed by atoms with E-state index in [9.17, 15) is 18.0 Å². The zero-order valence-corrected chi connectivity index (χ0v) is 16.1. The Labute approximate surface area is 161 Å². The zero-order chi connectivity index (χ0) is 19.4. The maximum absolute atomic E-state index is 12.8. The van der Waals surface area contributed by atoms with E-state index in [0.29, 0.717) is 19.0 Å². The third-order valence-corrected chi connectivity index (χ3v) is 7.52. The number of nitrogens with one attached hydrogen (secondary N) is 1. The lowest BCUT2D eigenvalue weighted by Crippen LogP contribution is -2.37. The highest BCUT2D eigenvalue weighted by atomic mass is 32.2. The van der Waals surface area contributed by atoms with Crippen LogP contribution in [-0.2, 0) is 14.8 Å². The van der Waals surface area contributed by atoms with Crippen LogP contribution in [0.25, 0.3) is 0 Å². The predicted octanol–water partition coefficient (Wildman–Crippen LogP) is 2.13. The number of aliphatic carboxylic acids is 1. The molecule has 2 aromatic rings. The molecule has 0 bridgehead atoms. The number of amides is 1. The SMILES string of the molecule is O=C(O)CNC(=O)c1cc(S(=O)(=O)N2CCC(c3ccccc3)CC2)cs1. The van der Waals surface area contributed by atoms with E-state index >= 15 is 0 Å². The lowest BCUT2D eigenvalue weighted by Gasteiger charge is -2.31. The molecule has 9 heteroatoms. The lowest BCUT2D eigenvalue weighted by atomic mass is 9.90. The van der Waals surface area contributed by atoms with Gasteiger partial charge in [-0.2, -0.15) is 4.31 Å². The van der Waals surface area contributed by atoms with Gasteiger partial charge >= 0.3 is 5.97 Å². The van der Waals surface area contributed by atoms with E-state index in [-0.39, 0.29) is 9.77 Å². The minimum Gasteiger partial charge on any atom is -0.480 e. The second kappa shape index (κ2) is 8.20. The fraction of sp³-hybridized carbons (Fsp3) is 0.333. The van der Waals surface area contributed by atoms with Gasteiger partial charge in [0.1, 0.15) is 6.54 Å². The molecule has 27 heavy (non-hydrogen) atoms. The van der Waals surface area contributed by atoms with Crippen molar-refractivity contribution in [1.82, 2.24) is 9.62 Å². The molecule has 2 N–H and O–H groups in total. The Morgan fingerprint density at radius 3 is 2.48 bits per heavy atom. The van der Waals surface area contributed by atoms with Crippen molar-refractivity contribution < 1.29 is 23.1 Å². The molecular formula is C18H20N2O5S2. The molecule has 144 valence electrons. The Bertz CT molecular complexity index is 916. The summed E-state index contributed by atoms with van der Waals surface area (Å²) in [5.74, 6) is -1.40. The molecule has 1 aliphatic rings. The topological polar surface area (TPSA) is 104 Å². The van der Waals surface area contributed by atoms with Gasteiger partial charge in [0.25, 0.3) is 5.91 Å². The number of rotatable bonds is 6. The summed E-state index contributed by atoms with van der Waals surface area (Å²) in [7, 11) is -3.66. The quantitative estimate of drug-likeness (QED) is 0.762. The van der Waals surface area contributed by atoms with Crippen LogP contribution < -0.4 is 5.32 Å². The normalized spacial score (nSPS) is 16.1. The minimum absolute atomic E-state index is 0.0751. The number of nitrogens with zero attached hydrogens (tertiary/aromatic N) is 1. The monoisotopic (exact) mass is 408 g/mol. The molecule has 7 nitrogen and oxygen atoms in total. The van der Waals surface area contributed by atoms with Crippen molar-refractivity contribution in [2.75, 3.05) is 19.6 Å². The van der Waals surface area contributed by atoms with Gasteiger partial charge in [-0.25, -0.2) is 8.42 Å². The summed E-state index contributed by atoms with van der Waals surface area (Å²) in [6.45, 7) is 0.350. The van der Waals surface area contributed by atoms with E-state index in [4.69, 9.17) is 5.11 Å². The van der Waals surface area contributed by atoms with Gasteiger partial charge in [-0.3, -0.25) is 9.59 Å². The molecule has 0 atom stereocenters. The summed E-state index contributed by atoms with van der Waals surface area (Å²) in [4.78, 5) is 22.7. The Hall–Kier alpha value is -2.23. The Kier molecular flexibility index (Phi) is 5.93. The van der Waals surface area contributed by atoms with E-state index in [1.54, 1.807) is 0 Å². The van der Waals surface area contributed by atoms with Crippen LogP contribution in [0.2, 0.25) is 0 Å². The first-order valence-electron chi connectivity index (χ1n) is 8.51. The van der Waals surface area contributed by atoms with E-state index in [1.165, 1.54) is 21.3 Å². The minimum atomic E-state index is -3.66. The lowest BCUT2D eigenvalue weighted by molar-refractivity contribution is -0.135. The number of benzene rings is 1. The van der Waals surface area contributed by atoms with Gasteiger partial charge in [0.15, 0.2) is 0 Å². The van der Waals surface area contributed by atoms with Crippen LogP contribution in [0.3, 0.4) is 0 Å². The second-order valence-corrected chi connectivity index (χ2v) is 9.16. The van der Waals surface area contributed by atoms with Gasteiger partial charge in [-0.15, -0.1) is 11.3 Å². The van der Waals surface area contributed by atoms with Crippen LogP contribution >= 0.6 is 11.3 Å². The van der Waals surface area contributed by atoms with Gasteiger partial charge in [-0.05, 0) is 30.4 Å². The number of sulfonamides is 1. The molecule has 1 aromatic carbocycles. The fourth-order valence-electron chi connectivity index (χ4n) is 3.12. The standard InChI is InChI=1S/C18H20N2O5S2/c21-17(22)11-19-18(23)16-10-15(12-26-16)27(24,25)20-8-6-14(7-9-20)13-4-2-1-3-5-13/h1-5,10,12,14H,6-9,11H2,(H,19,23)(H,21,22). The number of carbonyl (C=O) groups is 2. The highest BCUT2D eigenvalue weighted by Gasteiger charge is 2.31. The molecule has 1 saturated heterocycles. The molecular weight excluding hydrogens is 388 g/mol. The van der Waals surface area contributed by atoms with Gasteiger partial charge in [-0.1, -0.05) is 30.3 Å². The molecule has 0 spiro atoms. The average molecular weight is 409 g/mol. The molecule has 2 heterocycles. The first-order chi connectivity index (χ1) is 12.9. The first-order valence-corrected chi connectivity index (χ1v) is 10.8. The van der Waals surface area contributed by atoms with Crippen LogP contribution in [0.5, 0.6) is 0 Å². The van der Waals surface area contributed by atoms with Crippen LogP contribution in [0.15, 0.2) is 46.7 Å². The van der Waals surface area contributed by atoms with Crippen LogP contribution in [-0.4, -0.2) is 49.3 Å². The molecule has 0 aliphatic carbocycles. The summed E-state index contributed by atoms with van der Waals surface area (Å²) in [6, 6.07) is 11.4. The van der Waals surface area contributed by atoms with Crippen molar-refractivity contribution in [3.8, 4) is 0 Å². The van der Waals surface area contributed by atoms with Crippen LogP contribution in [0.1, 0.15) is 34.0 Å². The van der Waals surface area contributed by atoms with Crippen LogP contribution in [0, 0.1) is 0 Å². The molecule has 1 aromatic heterocycles. The molecule has 1 fully saturated rings. The molecule has 0 radical (unpaired) electrons. The van der Waals surface area contributed by atoms with Crippen molar-refractivity contribution in [1.29, 1.82) is 0 Å². The highest BCUT2D eigenvalue weighted by molar-refractivity contribution is 7.89. The zero-order valence-electron chi connectivity index (χ0n) is 14.5. The van der Waals surface area contributed by atoms with Crippen molar-refractivity contribution in [2.24, 2.45) is 0 Å². The maximum atomic E-state index is 12.8. The number of carbonyl (C=O) groups excluding carboxylic acids is 1. The summed E-state index contributed by atoms with van der Waals surface area (Å²) < 4.78 is 27.1. The summed E-state index contributed by atoms with van der Waals surface area (Å²) in [5.41, 5.74) is 1.22. The smallest absolute Gasteiger partial charge is 0.322 e. The predicted molar refractivity (Wildman–Crippen MR) is 101 cm³/mol. The Balaban J connectivity index is 1.65. The van der Waals surface area contributed by atoms with Crippen molar-refractivity contribution in [3.63, 3.8) is 0 Å². The summed E-state index contributed by atoms with van der Waals surface area (Å²) in [5, 5.41) is 12.3. The van der Waals surface area contributed by atoms with Crippen molar-refractivity contribution in [3.05, 3.63) is 52.2 Å². The second-order valence-electron chi connectivity index (χ2n) is 6.31. The third-order valence-electron chi connectivity index (χ3n) is 4.56. The fourth-order valence-corrected chi connectivity index (χ4v) is 5.77. The number of thiophene rings is 1. The Morgan fingerprint density at radius 2 is 1.85 bits per heavy atom. The van der Waals surface area contributed by atoms with Crippen molar-refractivity contribution in [2.45, 2.75) is 23.7 Å². The Morgan fingerprint density at radius 1 is 1.19 bits per heavy atom. The number of hydrogen-bond acceptors (Lipinski definition) is 5. The molecule has 3 rings (SSSR count). The number of carboxylic acids is 1. The van der Waals surface area contributed by atoms with E-state index in [2.05, 4.69) is 17.4 Å². The highest BCUT2D eigenvalue weighted by Crippen LogP contribution is 2.31. The van der Waals surface area contributed by atoms with Gasteiger partial charge in [0.05, 0.1) is 9.77 Å². The molecule has 0 unspecified atom stereocenters. The average Bonchev–Trinajstić information content (AvgIpc) is 3.18. The van der Waals surface area contributed by atoms with E-state index < -0.39 is 28.4 Å². The van der Waals surface area contributed by atoms with Gasteiger partial charge in [0, 0.05) is 18.5 Å². The first kappa shape index (κ1) is 19.5. The largest absolute Gasteiger partial charge is 0.480 e. The number of carboxylic acid groups (broad SMARTS) is 1. The summed E-state index contributed by atoms with van der Waals surface area (Å²) in [6.07, 6.45) is 1.50. The summed E-state index contributed by atoms with van der Waals surface area (Å²) >= 11 is 0.987. The van der Waals surface area contributed by atoms with Crippen LogP contribution in [0.4, 0.5) is 0 Å². The van der Waals surface area contributed by atoms with E-state index in [0.717, 1.165) is 24.2 Å². The van der Waals surface area contributed by atoms with Gasteiger partial charge in [0.2, 0.25) is 10.0 Å². The number of hydrogen-bond donors (Lipinski definition) is 2. The van der Waals surface area contributed by atoms with Crippen molar-refractivity contribution >= 4 is 33.2 Å². The maximum Gasteiger partial charge on any atom is 0.322 e. The molecule has 0 saturated carbocycles. The molecule has 1 amide bonds. The van der Waals surface area contributed by atoms with E-state index in [1.807, 2.05) is 18.2 Å². The third kappa shape index (κ3) is 4.55. The number of piperidine rings is 1. The molecule has 1 aliphatic heterocycles.